The second-order valence-electron chi connectivity index (χ2n) is 6.83. The van der Waals surface area contributed by atoms with E-state index in [9.17, 15) is 0 Å². The van der Waals surface area contributed by atoms with E-state index in [-0.39, 0.29) is 6.04 Å². The van der Waals surface area contributed by atoms with Gasteiger partial charge in [0.25, 0.3) is 0 Å². The van der Waals surface area contributed by atoms with Crippen molar-refractivity contribution in [3.8, 4) is 11.4 Å². The highest BCUT2D eigenvalue weighted by atomic mass is 32.2. The lowest BCUT2D eigenvalue weighted by Gasteiger charge is -2.16. The molecule has 0 unspecified atom stereocenters. The number of anilines is 1. The topological polar surface area (TPSA) is 64.9 Å². The number of rotatable bonds is 6. The van der Waals surface area contributed by atoms with Crippen LogP contribution in [0.2, 0.25) is 0 Å². The van der Waals surface area contributed by atoms with E-state index in [2.05, 4.69) is 60.7 Å². The summed E-state index contributed by atoms with van der Waals surface area (Å²) >= 11 is 1.52. The van der Waals surface area contributed by atoms with Crippen LogP contribution in [0.4, 0.5) is 5.82 Å². The first-order chi connectivity index (χ1) is 14.1. The molecule has 29 heavy (non-hydrogen) atoms. The van der Waals surface area contributed by atoms with Gasteiger partial charge in [-0.1, -0.05) is 41.6 Å². The minimum atomic E-state index is 0.0661. The van der Waals surface area contributed by atoms with Crippen molar-refractivity contribution < 1.29 is 4.74 Å². The second kappa shape index (κ2) is 8.13. The zero-order valence-corrected chi connectivity index (χ0v) is 17.7. The van der Waals surface area contributed by atoms with E-state index in [4.69, 9.17) is 14.7 Å². The van der Waals surface area contributed by atoms with Crippen LogP contribution in [0.3, 0.4) is 0 Å². The fourth-order valence-electron chi connectivity index (χ4n) is 3.15. The van der Waals surface area contributed by atoms with E-state index in [1.807, 2.05) is 29.3 Å². The molecule has 6 nitrogen and oxygen atoms in total. The van der Waals surface area contributed by atoms with Gasteiger partial charge >= 0.3 is 0 Å². The predicted molar refractivity (Wildman–Crippen MR) is 118 cm³/mol. The lowest BCUT2D eigenvalue weighted by molar-refractivity contribution is 0.414. The van der Waals surface area contributed by atoms with Gasteiger partial charge in [-0.05, 0) is 49.9 Å². The molecule has 0 radical (unpaired) electrons. The van der Waals surface area contributed by atoms with Gasteiger partial charge in [0.05, 0.1) is 24.4 Å². The molecule has 0 bridgehead atoms. The summed E-state index contributed by atoms with van der Waals surface area (Å²) in [5.74, 6) is 1.62. The van der Waals surface area contributed by atoms with Crippen LogP contribution >= 0.6 is 11.8 Å². The number of thioether (sulfide) groups is 1. The van der Waals surface area contributed by atoms with Crippen molar-refractivity contribution in [3.05, 3.63) is 65.9 Å². The van der Waals surface area contributed by atoms with Crippen LogP contribution < -0.4 is 10.1 Å². The van der Waals surface area contributed by atoms with E-state index in [0.29, 0.717) is 5.16 Å². The Bertz CT molecular complexity index is 1120. The molecule has 7 heteroatoms. The molecule has 0 saturated carbocycles. The van der Waals surface area contributed by atoms with Crippen molar-refractivity contribution >= 4 is 28.6 Å². The molecule has 0 spiro atoms. The van der Waals surface area contributed by atoms with Crippen molar-refractivity contribution in [2.75, 3.05) is 18.7 Å². The number of fused-ring (bicyclic) bond motifs is 1. The zero-order chi connectivity index (χ0) is 20.4. The summed E-state index contributed by atoms with van der Waals surface area (Å²) in [5.41, 5.74) is 4.12. The number of methoxy groups -OCH3 is 1. The van der Waals surface area contributed by atoms with Gasteiger partial charge in [0.15, 0.2) is 10.8 Å². The lowest BCUT2D eigenvalue weighted by Crippen LogP contribution is -2.09. The summed E-state index contributed by atoms with van der Waals surface area (Å²) < 4.78 is 7.11. The summed E-state index contributed by atoms with van der Waals surface area (Å²) in [4.78, 5) is 9.41. The van der Waals surface area contributed by atoms with Crippen molar-refractivity contribution in [2.45, 2.75) is 25.0 Å². The molecule has 4 rings (SSSR count). The molecule has 148 valence electrons. The summed E-state index contributed by atoms with van der Waals surface area (Å²) in [5, 5.41) is 9.71. The van der Waals surface area contributed by atoms with Gasteiger partial charge < -0.3 is 10.1 Å². The Kier molecular flexibility index (Phi) is 5.40. The van der Waals surface area contributed by atoms with Gasteiger partial charge in [0, 0.05) is 6.04 Å². The first-order valence-electron chi connectivity index (χ1n) is 9.36. The fourth-order valence-corrected chi connectivity index (χ4v) is 3.51. The SMILES string of the molecule is COc1ccc([C@H](C)Nc2nc(SC)nc3c2cnn3-c2ccc(C)cc2)cc1. The Labute approximate surface area is 174 Å². The minimum Gasteiger partial charge on any atom is -0.497 e. The Morgan fingerprint density at radius 1 is 1.03 bits per heavy atom. The quantitative estimate of drug-likeness (QED) is 0.359. The molecule has 2 heterocycles. The number of benzene rings is 2. The van der Waals surface area contributed by atoms with E-state index >= 15 is 0 Å². The summed E-state index contributed by atoms with van der Waals surface area (Å²) in [6.45, 7) is 4.18. The van der Waals surface area contributed by atoms with E-state index in [1.165, 1.54) is 17.3 Å². The first kappa shape index (κ1) is 19.3. The molecule has 1 atom stereocenters. The number of aromatic nitrogens is 4. The zero-order valence-electron chi connectivity index (χ0n) is 16.9. The van der Waals surface area contributed by atoms with Crippen LogP contribution in [-0.2, 0) is 0 Å². The lowest BCUT2D eigenvalue weighted by atomic mass is 10.1. The molecule has 1 N–H and O–H groups in total. The van der Waals surface area contributed by atoms with E-state index < -0.39 is 0 Å². The Balaban J connectivity index is 1.72. The maximum Gasteiger partial charge on any atom is 0.191 e. The first-order valence-corrected chi connectivity index (χ1v) is 10.6. The largest absolute Gasteiger partial charge is 0.497 e. The van der Waals surface area contributed by atoms with Crippen LogP contribution in [0, 0.1) is 6.92 Å². The van der Waals surface area contributed by atoms with E-state index in [0.717, 1.165) is 33.9 Å². The Hall–Kier alpha value is -3.06. The third kappa shape index (κ3) is 3.91. The Morgan fingerprint density at radius 3 is 2.41 bits per heavy atom. The minimum absolute atomic E-state index is 0.0661. The smallest absolute Gasteiger partial charge is 0.191 e. The number of nitrogens with zero attached hydrogens (tertiary/aromatic N) is 4. The van der Waals surface area contributed by atoms with Gasteiger partial charge in [0.2, 0.25) is 0 Å². The number of hydrogen-bond acceptors (Lipinski definition) is 6. The maximum absolute atomic E-state index is 5.25. The number of aryl methyl sites for hydroxylation is 1. The highest BCUT2D eigenvalue weighted by molar-refractivity contribution is 7.98. The van der Waals surface area contributed by atoms with Crippen LogP contribution in [0.25, 0.3) is 16.7 Å². The van der Waals surface area contributed by atoms with E-state index in [1.54, 1.807) is 7.11 Å². The standard InChI is InChI=1S/C22H23N5OS/c1-14-5-9-17(10-6-14)27-21-19(13-23-27)20(25-22(26-21)29-4)24-15(2)16-7-11-18(28-3)12-8-16/h5-13,15H,1-4H3,(H,24,25,26)/t15-/m0/s1. The molecule has 2 aromatic carbocycles. The van der Waals surface area contributed by atoms with Gasteiger partial charge in [-0.3, -0.25) is 0 Å². The third-order valence-electron chi connectivity index (χ3n) is 4.84. The average Bonchev–Trinajstić information content (AvgIpc) is 3.18. The van der Waals surface area contributed by atoms with Gasteiger partial charge in [-0.2, -0.15) is 5.10 Å². The van der Waals surface area contributed by atoms with Gasteiger partial charge in [-0.25, -0.2) is 14.6 Å². The summed E-state index contributed by atoms with van der Waals surface area (Å²) in [6, 6.07) is 16.4. The highest BCUT2D eigenvalue weighted by Crippen LogP contribution is 2.28. The van der Waals surface area contributed by atoms with Gasteiger partial charge in [-0.15, -0.1) is 0 Å². The molecule has 0 aliphatic heterocycles. The number of hydrogen-bond donors (Lipinski definition) is 1. The molecule has 0 aliphatic rings. The predicted octanol–water partition coefficient (Wildman–Crippen LogP) is 5.03. The van der Waals surface area contributed by atoms with Crippen LogP contribution in [0.15, 0.2) is 59.9 Å². The maximum atomic E-state index is 5.25. The second-order valence-corrected chi connectivity index (χ2v) is 7.60. The van der Waals surface area contributed by atoms with Crippen molar-refractivity contribution in [1.29, 1.82) is 0 Å². The third-order valence-corrected chi connectivity index (χ3v) is 5.39. The van der Waals surface area contributed by atoms with Crippen molar-refractivity contribution in [1.82, 2.24) is 19.7 Å². The van der Waals surface area contributed by atoms with Crippen molar-refractivity contribution in [2.24, 2.45) is 0 Å². The van der Waals surface area contributed by atoms with Crippen LogP contribution in [0.1, 0.15) is 24.1 Å². The highest BCUT2D eigenvalue weighted by Gasteiger charge is 2.16. The number of nitrogens with one attached hydrogen (secondary N) is 1. The molecule has 0 aliphatic carbocycles. The molecule has 2 aromatic heterocycles. The molecular formula is C22H23N5OS. The van der Waals surface area contributed by atoms with Gasteiger partial charge in [0.1, 0.15) is 11.6 Å². The average molecular weight is 406 g/mol. The molecule has 0 fully saturated rings. The number of ether oxygens (including phenoxy) is 1. The molecule has 0 amide bonds. The molecule has 0 saturated heterocycles. The monoisotopic (exact) mass is 405 g/mol. The normalized spacial score (nSPS) is 12.1. The molecule has 4 aromatic rings. The summed E-state index contributed by atoms with van der Waals surface area (Å²) in [7, 11) is 1.67. The summed E-state index contributed by atoms with van der Waals surface area (Å²) in [6.07, 6.45) is 3.80. The fraction of sp³-hybridized carbons (Fsp3) is 0.227. The van der Waals surface area contributed by atoms with Crippen LogP contribution in [0.5, 0.6) is 5.75 Å². The van der Waals surface area contributed by atoms with Crippen molar-refractivity contribution in [3.63, 3.8) is 0 Å². The van der Waals surface area contributed by atoms with Crippen LogP contribution in [-0.4, -0.2) is 33.1 Å². The Morgan fingerprint density at radius 2 is 1.76 bits per heavy atom. The molecular weight excluding hydrogens is 382 g/mol.